The molecule has 0 aliphatic rings. The number of halogens is 1. The summed E-state index contributed by atoms with van der Waals surface area (Å²) in [7, 11) is 0. The first-order valence-corrected chi connectivity index (χ1v) is 9.88. The minimum atomic E-state index is -0.962. The molecule has 28 heavy (non-hydrogen) atoms. The van der Waals surface area contributed by atoms with Gasteiger partial charge in [0, 0.05) is 12.1 Å². The Morgan fingerprint density at radius 2 is 1.82 bits per heavy atom. The van der Waals surface area contributed by atoms with Crippen LogP contribution in [-0.4, -0.2) is 27.6 Å². The van der Waals surface area contributed by atoms with E-state index in [1.165, 1.54) is 16.9 Å². The summed E-state index contributed by atoms with van der Waals surface area (Å²) in [5.41, 5.74) is 2.22. The van der Waals surface area contributed by atoms with E-state index in [4.69, 9.17) is 16.7 Å². The molecule has 0 saturated carbocycles. The van der Waals surface area contributed by atoms with Gasteiger partial charge in [0.15, 0.2) is 5.82 Å². The fourth-order valence-electron chi connectivity index (χ4n) is 2.89. The highest BCUT2D eigenvalue weighted by molar-refractivity contribution is 7.22. The molecule has 2 heterocycles. The third kappa shape index (κ3) is 3.98. The molecule has 140 valence electrons. The standard InChI is InChI=1S/C21H16ClN3O2S/c22-17-12-16-19(23-11-10-13-4-2-1-3-5-13)24-18(25-20(16)28-17)14-6-8-15(9-7-14)21(26)27/h1-9,12H,10-11H2,(H,26,27)(H,23,24,25). The smallest absolute Gasteiger partial charge is 0.335 e. The second-order valence-corrected chi connectivity index (χ2v) is 7.87. The van der Waals surface area contributed by atoms with Gasteiger partial charge < -0.3 is 10.4 Å². The average molecular weight is 410 g/mol. The molecule has 0 saturated heterocycles. The fraction of sp³-hybridized carbons (Fsp3) is 0.0952. The van der Waals surface area contributed by atoms with Crippen LogP contribution in [0.4, 0.5) is 5.82 Å². The first-order valence-electron chi connectivity index (χ1n) is 8.69. The minimum absolute atomic E-state index is 0.227. The lowest BCUT2D eigenvalue weighted by Gasteiger charge is -2.09. The summed E-state index contributed by atoms with van der Waals surface area (Å²) < 4.78 is 0.647. The summed E-state index contributed by atoms with van der Waals surface area (Å²) in [6.07, 6.45) is 0.868. The summed E-state index contributed by atoms with van der Waals surface area (Å²) in [4.78, 5) is 21.1. The summed E-state index contributed by atoms with van der Waals surface area (Å²) in [6, 6.07) is 18.6. The Balaban J connectivity index is 1.64. The van der Waals surface area contributed by atoms with E-state index >= 15 is 0 Å². The van der Waals surface area contributed by atoms with Gasteiger partial charge >= 0.3 is 5.97 Å². The lowest BCUT2D eigenvalue weighted by atomic mass is 10.1. The van der Waals surface area contributed by atoms with Gasteiger partial charge in [-0.05, 0) is 30.2 Å². The average Bonchev–Trinajstić information content (AvgIpc) is 3.09. The molecule has 5 nitrogen and oxygen atoms in total. The van der Waals surface area contributed by atoms with Gasteiger partial charge in [-0.1, -0.05) is 54.1 Å². The quantitative estimate of drug-likeness (QED) is 0.448. The Labute approximate surface area is 170 Å². The van der Waals surface area contributed by atoms with E-state index in [0.717, 1.165) is 34.6 Å². The molecule has 0 bridgehead atoms. The van der Waals surface area contributed by atoms with Crippen molar-refractivity contribution < 1.29 is 9.90 Å². The maximum absolute atomic E-state index is 11.1. The van der Waals surface area contributed by atoms with E-state index in [1.54, 1.807) is 24.3 Å². The van der Waals surface area contributed by atoms with Crippen molar-refractivity contribution in [3.8, 4) is 11.4 Å². The zero-order valence-electron chi connectivity index (χ0n) is 14.7. The number of carboxylic acid groups (broad SMARTS) is 1. The molecular formula is C21H16ClN3O2S. The predicted molar refractivity (Wildman–Crippen MR) is 113 cm³/mol. The van der Waals surface area contributed by atoms with Gasteiger partial charge in [-0.3, -0.25) is 0 Å². The first-order chi connectivity index (χ1) is 13.6. The molecule has 2 aromatic carbocycles. The number of nitrogens with one attached hydrogen (secondary N) is 1. The molecule has 0 spiro atoms. The summed E-state index contributed by atoms with van der Waals surface area (Å²) in [5, 5.41) is 13.3. The molecule has 0 radical (unpaired) electrons. The number of carboxylic acids is 1. The number of benzene rings is 2. The molecule has 0 fully saturated rings. The monoisotopic (exact) mass is 409 g/mol. The molecule has 0 aliphatic carbocycles. The molecule has 4 aromatic rings. The molecular weight excluding hydrogens is 394 g/mol. The lowest BCUT2D eigenvalue weighted by molar-refractivity contribution is 0.0697. The van der Waals surface area contributed by atoms with Gasteiger partial charge in [-0.15, -0.1) is 11.3 Å². The van der Waals surface area contributed by atoms with Crippen LogP contribution in [0.15, 0.2) is 60.7 Å². The summed E-state index contributed by atoms with van der Waals surface area (Å²) in [6.45, 7) is 0.723. The first kappa shape index (κ1) is 18.4. The van der Waals surface area contributed by atoms with Gasteiger partial charge in [-0.2, -0.15) is 0 Å². The highest BCUT2D eigenvalue weighted by Crippen LogP contribution is 2.33. The summed E-state index contributed by atoms with van der Waals surface area (Å²) in [5.74, 6) is 0.294. The van der Waals surface area contributed by atoms with Crippen LogP contribution in [0.2, 0.25) is 4.34 Å². The minimum Gasteiger partial charge on any atom is -0.478 e. The lowest BCUT2D eigenvalue weighted by Crippen LogP contribution is -2.07. The van der Waals surface area contributed by atoms with Crippen molar-refractivity contribution >= 4 is 44.9 Å². The highest BCUT2D eigenvalue weighted by atomic mass is 35.5. The molecule has 0 aliphatic heterocycles. The Morgan fingerprint density at radius 1 is 1.07 bits per heavy atom. The topological polar surface area (TPSA) is 75.1 Å². The van der Waals surface area contributed by atoms with Gasteiger partial charge in [0.2, 0.25) is 0 Å². The molecule has 0 atom stereocenters. The van der Waals surface area contributed by atoms with Crippen molar-refractivity contribution in [2.24, 2.45) is 0 Å². The maximum Gasteiger partial charge on any atom is 0.335 e. The molecule has 2 N–H and O–H groups in total. The molecule has 0 unspecified atom stereocenters. The zero-order chi connectivity index (χ0) is 19.5. The number of anilines is 1. The van der Waals surface area contributed by atoms with Gasteiger partial charge in [-0.25, -0.2) is 14.8 Å². The molecule has 2 aromatic heterocycles. The van der Waals surface area contributed by atoms with Gasteiger partial charge in [0.1, 0.15) is 10.6 Å². The van der Waals surface area contributed by atoms with E-state index < -0.39 is 5.97 Å². The second-order valence-electron chi connectivity index (χ2n) is 6.21. The maximum atomic E-state index is 11.1. The van der Waals surface area contributed by atoms with Crippen molar-refractivity contribution in [3.05, 3.63) is 76.1 Å². The van der Waals surface area contributed by atoms with Crippen LogP contribution in [0.1, 0.15) is 15.9 Å². The molecule has 7 heteroatoms. The van der Waals surface area contributed by atoms with E-state index in [9.17, 15) is 4.79 Å². The van der Waals surface area contributed by atoms with E-state index in [0.29, 0.717) is 10.2 Å². The number of nitrogens with zero attached hydrogens (tertiary/aromatic N) is 2. The highest BCUT2D eigenvalue weighted by Gasteiger charge is 2.13. The Hall–Kier alpha value is -2.96. The number of rotatable bonds is 6. The van der Waals surface area contributed by atoms with Crippen molar-refractivity contribution in [3.63, 3.8) is 0 Å². The number of carbonyl (C=O) groups is 1. The molecule has 0 amide bonds. The third-order valence-corrected chi connectivity index (χ3v) is 5.46. The van der Waals surface area contributed by atoms with Crippen molar-refractivity contribution in [1.82, 2.24) is 9.97 Å². The van der Waals surface area contributed by atoms with Crippen LogP contribution < -0.4 is 5.32 Å². The van der Waals surface area contributed by atoms with E-state index in [1.807, 2.05) is 24.3 Å². The Kier molecular flexibility index (Phi) is 5.23. The van der Waals surface area contributed by atoms with Gasteiger partial charge in [0.25, 0.3) is 0 Å². The normalized spacial score (nSPS) is 10.9. The summed E-state index contributed by atoms with van der Waals surface area (Å²) >= 11 is 7.59. The number of hydrogen-bond acceptors (Lipinski definition) is 5. The van der Waals surface area contributed by atoms with Crippen LogP contribution in [-0.2, 0) is 6.42 Å². The molecule has 4 rings (SSSR count). The number of thiophene rings is 1. The van der Waals surface area contributed by atoms with E-state index in [-0.39, 0.29) is 5.56 Å². The SMILES string of the molecule is O=C(O)c1ccc(-c2nc(NCCc3ccccc3)c3cc(Cl)sc3n2)cc1. The van der Waals surface area contributed by atoms with Crippen molar-refractivity contribution in [2.45, 2.75) is 6.42 Å². The number of hydrogen-bond donors (Lipinski definition) is 2. The largest absolute Gasteiger partial charge is 0.478 e. The zero-order valence-corrected chi connectivity index (χ0v) is 16.3. The number of aromatic carboxylic acids is 1. The van der Waals surface area contributed by atoms with Gasteiger partial charge in [0.05, 0.1) is 15.3 Å². The third-order valence-electron chi connectivity index (χ3n) is 4.30. The second kappa shape index (κ2) is 7.96. The Bertz CT molecular complexity index is 1130. The van der Waals surface area contributed by atoms with Crippen molar-refractivity contribution in [2.75, 3.05) is 11.9 Å². The number of fused-ring (bicyclic) bond motifs is 1. The number of aromatic nitrogens is 2. The Morgan fingerprint density at radius 3 is 2.54 bits per heavy atom. The van der Waals surface area contributed by atoms with Crippen LogP contribution in [0.3, 0.4) is 0 Å². The van der Waals surface area contributed by atoms with Crippen molar-refractivity contribution in [1.29, 1.82) is 0 Å². The van der Waals surface area contributed by atoms with Crippen LogP contribution in [0.5, 0.6) is 0 Å². The van der Waals surface area contributed by atoms with Crippen LogP contribution in [0, 0.1) is 0 Å². The fourth-order valence-corrected chi connectivity index (χ4v) is 3.98. The van der Waals surface area contributed by atoms with E-state index in [2.05, 4.69) is 27.4 Å². The predicted octanol–water partition coefficient (Wildman–Crippen LogP) is 5.36. The van der Waals surface area contributed by atoms with Crippen LogP contribution >= 0.6 is 22.9 Å². The van der Waals surface area contributed by atoms with Crippen LogP contribution in [0.25, 0.3) is 21.6 Å².